The van der Waals surface area contributed by atoms with Gasteiger partial charge >= 0.3 is 0 Å². The molecule has 0 amide bonds. The molecule has 0 aromatic heterocycles. The highest BCUT2D eigenvalue weighted by Gasteiger charge is 2.44. The fourth-order valence-electron chi connectivity index (χ4n) is 13.0. The van der Waals surface area contributed by atoms with Crippen molar-refractivity contribution in [3.63, 3.8) is 0 Å². The van der Waals surface area contributed by atoms with Gasteiger partial charge in [0.05, 0.1) is 0 Å². The van der Waals surface area contributed by atoms with Gasteiger partial charge in [0.1, 0.15) is 49.4 Å². The van der Waals surface area contributed by atoms with E-state index in [1.165, 1.54) is 195 Å². The topological polar surface area (TPSA) is 36.9 Å². The van der Waals surface area contributed by atoms with Crippen molar-refractivity contribution in [1.82, 2.24) is 0 Å². The minimum atomic E-state index is -0.0558. The molecule has 0 radical (unpaired) electrons. The zero-order chi connectivity index (χ0) is 51.0. The lowest BCUT2D eigenvalue weighted by Crippen LogP contribution is -2.26. The van der Waals surface area contributed by atoms with Crippen LogP contribution in [0.2, 0.25) is 0 Å². The van der Waals surface area contributed by atoms with Crippen molar-refractivity contribution in [3.8, 4) is 45.3 Å². The van der Waals surface area contributed by atoms with Gasteiger partial charge in [-0.2, -0.15) is 0 Å². The van der Waals surface area contributed by atoms with Gasteiger partial charge in [0, 0.05) is 23.0 Å². The van der Waals surface area contributed by atoms with E-state index in [1.807, 2.05) is 0 Å². The van der Waals surface area contributed by atoms with E-state index in [9.17, 15) is 0 Å². The maximum absolute atomic E-state index is 6.70. The summed E-state index contributed by atoms with van der Waals surface area (Å²) >= 11 is 0. The second kappa shape index (κ2) is 26.3. The summed E-state index contributed by atoms with van der Waals surface area (Å²) in [5.74, 6) is 3.34. The molecule has 0 saturated heterocycles. The van der Waals surface area contributed by atoms with Crippen molar-refractivity contribution >= 4 is 0 Å². The van der Waals surface area contributed by atoms with E-state index in [-0.39, 0.29) is 10.8 Å². The average Bonchev–Trinajstić information content (AvgIpc) is 3.85. The van der Waals surface area contributed by atoms with Crippen molar-refractivity contribution in [2.75, 3.05) is 0 Å². The fourth-order valence-corrected chi connectivity index (χ4v) is 13.0. The fraction of sp³-hybridized carbons (Fsp3) is 0.486. The van der Waals surface area contributed by atoms with Crippen LogP contribution in [0.4, 0.5) is 0 Å². The molecule has 0 fully saturated rings. The van der Waals surface area contributed by atoms with Gasteiger partial charge in [-0.1, -0.05) is 241 Å². The van der Waals surface area contributed by atoms with Crippen molar-refractivity contribution in [2.24, 2.45) is 0 Å². The Labute approximate surface area is 447 Å². The first kappa shape index (κ1) is 53.3. The van der Waals surface area contributed by atoms with Gasteiger partial charge in [0.25, 0.3) is 0 Å². The van der Waals surface area contributed by atoms with E-state index >= 15 is 0 Å². The molecule has 0 atom stereocenters. The van der Waals surface area contributed by atoms with Gasteiger partial charge in [0.2, 0.25) is 0 Å². The summed E-state index contributed by atoms with van der Waals surface area (Å²) < 4.78 is 26.8. The summed E-state index contributed by atoms with van der Waals surface area (Å²) in [6.45, 7) is 11.3. The average molecular weight is 993 g/mol. The molecular weight excluding hydrogens is 905 g/mol. The third-order valence-corrected chi connectivity index (χ3v) is 17.0. The van der Waals surface area contributed by atoms with Crippen LogP contribution in [-0.4, -0.2) is 0 Å². The van der Waals surface area contributed by atoms with Crippen LogP contribution in [0.15, 0.2) is 121 Å². The van der Waals surface area contributed by atoms with E-state index in [2.05, 4.69) is 149 Å². The molecule has 2 aliphatic carbocycles. The van der Waals surface area contributed by atoms with E-state index < -0.39 is 0 Å². The molecular formula is C70H88O4. The zero-order valence-electron chi connectivity index (χ0n) is 46.0. The normalized spacial score (nSPS) is 14.9. The number of ether oxygens (including phenoxy) is 4. The maximum Gasteiger partial charge on any atom is 0.123 e. The van der Waals surface area contributed by atoms with Gasteiger partial charge in [-0.15, -0.1) is 0 Å². The van der Waals surface area contributed by atoms with Gasteiger partial charge in [-0.25, -0.2) is 0 Å². The van der Waals surface area contributed by atoms with E-state index in [1.54, 1.807) is 0 Å². The first-order valence-corrected chi connectivity index (χ1v) is 29.7. The third-order valence-electron chi connectivity index (χ3n) is 17.0. The SMILES string of the molecule is CCCCCCCC1(CCCCCCC)c2cc3ccc2-c2ccc(cc21)COc1cccc(c1)OCc1ccc2c(c1)C(CCCCCCC)(CCCCCCC)c1cc(ccc1-2)COc1cccc(c1)OC3. The molecule has 0 unspecified atom stereocenters. The van der Waals surface area contributed by atoms with Crippen molar-refractivity contribution in [3.05, 3.63) is 166 Å². The van der Waals surface area contributed by atoms with Crippen LogP contribution >= 0.6 is 0 Å². The van der Waals surface area contributed by atoms with Crippen LogP contribution in [0.3, 0.4) is 0 Å². The lowest BCUT2D eigenvalue weighted by atomic mass is 9.70. The number of rotatable bonds is 24. The Bertz CT molecular complexity index is 2360. The summed E-state index contributed by atoms with van der Waals surface area (Å²) in [7, 11) is 0. The van der Waals surface area contributed by atoms with Gasteiger partial charge in [-0.05, 0) is 117 Å². The quantitative estimate of drug-likeness (QED) is 0.0566. The lowest BCUT2D eigenvalue weighted by Gasteiger charge is -2.33. The molecule has 6 aromatic rings. The molecule has 1 heterocycles. The molecule has 6 aromatic carbocycles. The Morgan fingerprint density at radius 1 is 0.284 bits per heavy atom. The summed E-state index contributed by atoms with van der Waals surface area (Å²) in [6.07, 6.45) is 30.1. The van der Waals surface area contributed by atoms with E-state index in [0.717, 1.165) is 48.7 Å². The number of unbranched alkanes of at least 4 members (excludes halogenated alkanes) is 16. The van der Waals surface area contributed by atoms with Crippen LogP contribution < -0.4 is 18.9 Å². The van der Waals surface area contributed by atoms with E-state index in [0.29, 0.717) is 26.4 Å². The largest absolute Gasteiger partial charge is 0.489 e. The highest BCUT2D eigenvalue weighted by atomic mass is 16.5. The summed E-state index contributed by atoms with van der Waals surface area (Å²) in [5, 5.41) is 0. The molecule has 12 bridgehead atoms. The monoisotopic (exact) mass is 993 g/mol. The van der Waals surface area contributed by atoms with Gasteiger partial charge in [0.15, 0.2) is 0 Å². The van der Waals surface area contributed by atoms with Crippen LogP contribution in [0, 0.1) is 0 Å². The van der Waals surface area contributed by atoms with E-state index in [4.69, 9.17) is 18.9 Å². The highest BCUT2D eigenvalue weighted by Crippen LogP contribution is 2.56. The number of hydrogen-bond donors (Lipinski definition) is 0. The minimum absolute atomic E-state index is 0.0558. The number of benzene rings is 6. The van der Waals surface area contributed by atoms with Crippen LogP contribution in [0.1, 0.15) is 226 Å². The molecule has 0 saturated carbocycles. The molecule has 9 rings (SSSR count). The minimum Gasteiger partial charge on any atom is -0.489 e. The number of fused-ring (bicyclic) bond motifs is 10. The summed E-state index contributed by atoms with van der Waals surface area (Å²) in [6, 6.07) is 45.4. The van der Waals surface area contributed by atoms with Crippen molar-refractivity contribution in [1.29, 1.82) is 0 Å². The standard InChI is InChI=1S/C70H88O4/c1-5-9-13-17-21-39-69(40-22-18-14-10-6-2)65-43-53-31-35-61(65)62-36-32-54(44-66(62)69)50-72-58-28-26-30-60(48-58)74-52-56-34-38-64-63-37-33-55(51-73-59-29-25-27-57(47-59)71-49-53)45-67(63)70(68(64)46-56,41-23-19-15-11-7-3)42-24-20-16-12-8-4/h25-38,43-48H,5-24,39-42,49-52H2,1-4H3. The molecule has 4 heteroatoms. The second-order valence-corrected chi connectivity index (χ2v) is 22.4. The Hall–Kier alpha value is -5.48. The second-order valence-electron chi connectivity index (χ2n) is 22.4. The Morgan fingerprint density at radius 2 is 0.527 bits per heavy atom. The summed E-state index contributed by atoms with van der Waals surface area (Å²) in [4.78, 5) is 0. The number of hydrogen-bond acceptors (Lipinski definition) is 4. The first-order chi connectivity index (χ1) is 36.5. The van der Waals surface area contributed by atoms with Gasteiger partial charge < -0.3 is 18.9 Å². The highest BCUT2D eigenvalue weighted by molar-refractivity contribution is 5.83. The van der Waals surface area contributed by atoms with Crippen molar-refractivity contribution < 1.29 is 18.9 Å². The molecule has 1 aliphatic heterocycles. The predicted octanol–water partition coefficient (Wildman–Crippen LogP) is 20.3. The maximum atomic E-state index is 6.70. The Kier molecular flexibility index (Phi) is 19.0. The molecule has 0 spiro atoms. The first-order valence-electron chi connectivity index (χ1n) is 29.7. The Balaban J connectivity index is 1.07. The molecule has 4 nitrogen and oxygen atoms in total. The molecule has 0 N–H and O–H groups in total. The Morgan fingerprint density at radius 3 is 0.770 bits per heavy atom. The van der Waals surface area contributed by atoms with Crippen LogP contribution in [0.5, 0.6) is 23.0 Å². The van der Waals surface area contributed by atoms with Crippen molar-refractivity contribution in [2.45, 2.75) is 219 Å². The molecule has 392 valence electrons. The predicted molar refractivity (Wildman–Crippen MR) is 309 cm³/mol. The van der Waals surface area contributed by atoms with Gasteiger partial charge in [-0.3, -0.25) is 0 Å². The lowest BCUT2D eigenvalue weighted by molar-refractivity contribution is 0.289. The molecule has 3 aliphatic rings. The summed E-state index contributed by atoms with van der Waals surface area (Å²) in [5.41, 5.74) is 16.2. The van der Waals surface area contributed by atoms with Crippen LogP contribution in [0.25, 0.3) is 22.3 Å². The molecule has 74 heavy (non-hydrogen) atoms. The van der Waals surface area contributed by atoms with Crippen LogP contribution in [-0.2, 0) is 37.3 Å². The third kappa shape index (κ3) is 12.6. The smallest absolute Gasteiger partial charge is 0.123 e. The zero-order valence-corrected chi connectivity index (χ0v) is 46.0.